The van der Waals surface area contributed by atoms with Gasteiger partial charge in [-0.05, 0) is 30.9 Å². The average molecular weight is 268 g/mol. The number of hydrogen-bond donors (Lipinski definition) is 2. The molecule has 3 rings (SSSR count). The fraction of sp³-hybridized carbons (Fsp3) is 0.583. The molecule has 1 atom stereocenters. The molecule has 1 aromatic heterocycles. The van der Waals surface area contributed by atoms with E-state index in [1.165, 1.54) is 34.6 Å². The molecule has 0 saturated carbocycles. The van der Waals surface area contributed by atoms with Crippen LogP contribution in [-0.2, 0) is 24.2 Å². The van der Waals surface area contributed by atoms with Crippen LogP contribution in [0.2, 0.25) is 0 Å². The van der Waals surface area contributed by atoms with Gasteiger partial charge in [-0.2, -0.15) is 0 Å². The Bertz CT molecular complexity index is 403. The highest BCUT2D eigenvalue weighted by molar-refractivity contribution is 7.99. The lowest BCUT2D eigenvalue weighted by Crippen LogP contribution is -2.41. The van der Waals surface area contributed by atoms with Gasteiger partial charge in [0.05, 0.1) is 12.6 Å². The third kappa shape index (κ3) is 2.51. The first-order chi connectivity index (χ1) is 8.33. The zero-order chi connectivity index (χ0) is 11.7. The van der Waals surface area contributed by atoms with Crippen molar-refractivity contribution in [1.29, 1.82) is 0 Å². The Balaban J connectivity index is 1.54. The van der Waals surface area contributed by atoms with Gasteiger partial charge in [-0.25, -0.2) is 0 Å². The van der Waals surface area contributed by atoms with E-state index in [0.29, 0.717) is 6.54 Å². The molecule has 0 spiro atoms. The summed E-state index contributed by atoms with van der Waals surface area (Å²) < 4.78 is 0. The lowest BCUT2D eigenvalue weighted by Gasteiger charge is -2.09. The highest BCUT2D eigenvalue weighted by Gasteiger charge is 2.22. The summed E-state index contributed by atoms with van der Waals surface area (Å²) in [6.07, 6.45) is 3.76. The van der Waals surface area contributed by atoms with Crippen LogP contribution in [0.4, 0.5) is 0 Å². The minimum absolute atomic E-state index is 0.00630. The highest BCUT2D eigenvalue weighted by atomic mass is 32.2. The molecule has 1 saturated heterocycles. The first-order valence-corrected chi connectivity index (χ1v) is 7.99. The van der Waals surface area contributed by atoms with Crippen LogP contribution in [0.25, 0.3) is 0 Å². The third-order valence-electron chi connectivity index (χ3n) is 3.27. The molecule has 2 heterocycles. The van der Waals surface area contributed by atoms with E-state index < -0.39 is 0 Å². The molecule has 1 amide bonds. The summed E-state index contributed by atoms with van der Waals surface area (Å²) in [5.74, 6) is 1.93. The predicted molar refractivity (Wildman–Crippen MR) is 72.4 cm³/mol. The summed E-state index contributed by atoms with van der Waals surface area (Å²) in [5, 5.41) is 6.21. The van der Waals surface area contributed by atoms with Crippen molar-refractivity contribution in [3.63, 3.8) is 0 Å². The van der Waals surface area contributed by atoms with Crippen molar-refractivity contribution < 1.29 is 4.79 Å². The summed E-state index contributed by atoms with van der Waals surface area (Å²) in [6, 6.07) is 2.27. The van der Waals surface area contributed by atoms with E-state index in [-0.39, 0.29) is 11.9 Å². The first kappa shape index (κ1) is 11.6. The van der Waals surface area contributed by atoms with E-state index in [4.69, 9.17) is 0 Å². The number of amides is 1. The number of nitrogens with one attached hydrogen (secondary N) is 2. The van der Waals surface area contributed by atoms with Gasteiger partial charge >= 0.3 is 0 Å². The normalized spacial score (nSPS) is 22.7. The van der Waals surface area contributed by atoms with Crippen molar-refractivity contribution in [3.8, 4) is 0 Å². The van der Waals surface area contributed by atoms with Crippen molar-refractivity contribution in [2.75, 3.05) is 11.6 Å². The standard InChI is InChI=1S/C12H16N2OS2/c15-12(10-6-16-7-14-10)13-5-9-4-8-2-1-3-11(8)17-9/h4,10,14H,1-3,5-7H2,(H,13,15). The van der Waals surface area contributed by atoms with Crippen molar-refractivity contribution in [3.05, 3.63) is 21.4 Å². The largest absolute Gasteiger partial charge is 0.350 e. The Labute approximate surface area is 109 Å². The maximum Gasteiger partial charge on any atom is 0.238 e. The van der Waals surface area contributed by atoms with Crippen LogP contribution in [-0.4, -0.2) is 23.6 Å². The van der Waals surface area contributed by atoms with Gasteiger partial charge < -0.3 is 5.32 Å². The fourth-order valence-corrected chi connectivity index (χ4v) is 4.48. The molecular weight excluding hydrogens is 252 g/mol. The van der Waals surface area contributed by atoms with Gasteiger partial charge in [0.15, 0.2) is 0 Å². The molecule has 92 valence electrons. The minimum Gasteiger partial charge on any atom is -0.350 e. The summed E-state index contributed by atoms with van der Waals surface area (Å²) in [5.41, 5.74) is 1.51. The molecule has 1 fully saturated rings. The Morgan fingerprint density at radius 2 is 2.47 bits per heavy atom. The van der Waals surface area contributed by atoms with Crippen LogP contribution in [0.5, 0.6) is 0 Å². The molecule has 1 aliphatic carbocycles. The smallest absolute Gasteiger partial charge is 0.238 e. The first-order valence-electron chi connectivity index (χ1n) is 6.02. The number of hydrogen-bond acceptors (Lipinski definition) is 4. The monoisotopic (exact) mass is 268 g/mol. The van der Waals surface area contributed by atoms with Gasteiger partial charge in [0, 0.05) is 21.4 Å². The van der Waals surface area contributed by atoms with E-state index in [2.05, 4.69) is 16.7 Å². The molecule has 0 radical (unpaired) electrons. The van der Waals surface area contributed by atoms with Gasteiger partial charge in [-0.15, -0.1) is 23.1 Å². The third-order valence-corrected chi connectivity index (χ3v) is 5.44. The average Bonchev–Trinajstić information content (AvgIpc) is 3.01. The van der Waals surface area contributed by atoms with E-state index in [1.54, 1.807) is 11.8 Å². The predicted octanol–water partition coefficient (Wildman–Crippen LogP) is 1.52. The number of carbonyl (C=O) groups excluding carboxylic acids is 1. The van der Waals surface area contributed by atoms with Crippen molar-refractivity contribution in [1.82, 2.24) is 10.6 Å². The summed E-state index contributed by atoms with van der Waals surface area (Å²) >= 11 is 3.65. The zero-order valence-electron chi connectivity index (χ0n) is 9.62. The van der Waals surface area contributed by atoms with E-state index in [9.17, 15) is 4.79 Å². The summed E-state index contributed by atoms with van der Waals surface area (Å²) in [6.45, 7) is 0.694. The quantitative estimate of drug-likeness (QED) is 0.873. The summed E-state index contributed by atoms with van der Waals surface area (Å²) in [7, 11) is 0. The van der Waals surface area contributed by atoms with Crippen LogP contribution in [0.3, 0.4) is 0 Å². The van der Waals surface area contributed by atoms with Crippen LogP contribution < -0.4 is 10.6 Å². The SMILES string of the molecule is O=C(NCc1cc2c(s1)CCC2)C1CSCN1. The Morgan fingerprint density at radius 3 is 3.24 bits per heavy atom. The zero-order valence-corrected chi connectivity index (χ0v) is 11.3. The number of fused-ring (bicyclic) bond motifs is 1. The molecular formula is C12H16N2OS2. The molecule has 0 aromatic carbocycles. The number of carbonyl (C=O) groups is 1. The minimum atomic E-state index is 0.00630. The maximum absolute atomic E-state index is 11.8. The van der Waals surface area contributed by atoms with Crippen molar-refractivity contribution in [2.24, 2.45) is 0 Å². The number of aryl methyl sites for hydroxylation is 2. The van der Waals surface area contributed by atoms with E-state index >= 15 is 0 Å². The second-order valence-corrected chi connectivity index (χ2v) is 6.76. The topological polar surface area (TPSA) is 41.1 Å². The molecule has 1 aromatic rings. The second kappa shape index (κ2) is 5.00. The van der Waals surface area contributed by atoms with Gasteiger partial charge in [0.25, 0.3) is 0 Å². The van der Waals surface area contributed by atoms with Crippen LogP contribution in [0.15, 0.2) is 6.07 Å². The fourth-order valence-electron chi connectivity index (χ4n) is 2.34. The molecule has 5 heteroatoms. The molecule has 2 aliphatic rings. The lowest BCUT2D eigenvalue weighted by atomic mass is 10.2. The Morgan fingerprint density at radius 1 is 1.53 bits per heavy atom. The number of thiophene rings is 1. The number of thioether (sulfide) groups is 1. The maximum atomic E-state index is 11.8. The Hall–Kier alpha value is -0.520. The van der Waals surface area contributed by atoms with Crippen LogP contribution in [0, 0.1) is 0 Å². The molecule has 0 bridgehead atoms. The van der Waals surface area contributed by atoms with Gasteiger partial charge in [-0.1, -0.05) is 0 Å². The van der Waals surface area contributed by atoms with E-state index in [0.717, 1.165) is 11.6 Å². The van der Waals surface area contributed by atoms with Crippen molar-refractivity contribution >= 4 is 29.0 Å². The van der Waals surface area contributed by atoms with Crippen LogP contribution in [0.1, 0.15) is 21.7 Å². The number of rotatable bonds is 3. The molecule has 2 N–H and O–H groups in total. The lowest BCUT2D eigenvalue weighted by molar-refractivity contribution is -0.122. The van der Waals surface area contributed by atoms with Crippen LogP contribution >= 0.6 is 23.1 Å². The van der Waals surface area contributed by atoms with Gasteiger partial charge in [-0.3, -0.25) is 10.1 Å². The molecule has 17 heavy (non-hydrogen) atoms. The van der Waals surface area contributed by atoms with Crippen molar-refractivity contribution in [2.45, 2.75) is 31.8 Å². The molecule has 1 unspecified atom stereocenters. The van der Waals surface area contributed by atoms with E-state index in [1.807, 2.05) is 11.3 Å². The van der Waals surface area contributed by atoms with Gasteiger partial charge in [0.1, 0.15) is 0 Å². The Kier molecular flexibility index (Phi) is 3.40. The molecule has 1 aliphatic heterocycles. The summed E-state index contributed by atoms with van der Waals surface area (Å²) in [4.78, 5) is 14.6. The highest BCUT2D eigenvalue weighted by Crippen LogP contribution is 2.30. The second-order valence-electron chi connectivity index (χ2n) is 4.50. The molecule has 3 nitrogen and oxygen atoms in total. The van der Waals surface area contributed by atoms with Gasteiger partial charge in [0.2, 0.25) is 5.91 Å².